The van der Waals surface area contributed by atoms with E-state index in [9.17, 15) is 4.79 Å². The van der Waals surface area contributed by atoms with Crippen molar-refractivity contribution in [2.75, 3.05) is 19.0 Å². The third kappa shape index (κ3) is 4.93. The van der Waals surface area contributed by atoms with E-state index >= 15 is 0 Å². The second-order valence-electron chi connectivity index (χ2n) is 10.8. The van der Waals surface area contributed by atoms with Crippen LogP contribution in [0, 0.1) is 0 Å². The van der Waals surface area contributed by atoms with E-state index in [1.165, 1.54) is 0 Å². The van der Waals surface area contributed by atoms with Crippen LogP contribution in [-0.4, -0.2) is 26.9 Å². The molecule has 0 spiro atoms. The molecule has 1 aliphatic carbocycles. The van der Waals surface area contributed by atoms with Crippen molar-refractivity contribution in [3.05, 3.63) is 151 Å². The van der Waals surface area contributed by atoms with Crippen LogP contribution in [0.1, 0.15) is 15.9 Å². The molecule has 0 unspecified atom stereocenters. The van der Waals surface area contributed by atoms with Crippen LogP contribution in [0.15, 0.2) is 140 Å². The first-order valence-corrected chi connectivity index (χ1v) is 14.7. The Bertz CT molecular complexity index is 1950. The summed E-state index contributed by atoms with van der Waals surface area (Å²) in [7, 11) is 3.34. The zero-order valence-corrected chi connectivity index (χ0v) is 24.6. The van der Waals surface area contributed by atoms with Crippen molar-refractivity contribution in [2.45, 2.75) is 0 Å². The summed E-state index contributed by atoms with van der Waals surface area (Å²) < 4.78 is 10.9. The molecule has 0 amide bonds. The molecule has 212 valence electrons. The topological polar surface area (TPSA) is 38.8 Å². The minimum absolute atomic E-state index is 0.00585. The highest BCUT2D eigenvalue weighted by Crippen LogP contribution is 2.41. The number of nitrogens with zero attached hydrogens (tertiary/aromatic N) is 1. The fourth-order valence-electron chi connectivity index (χ4n) is 6.20. The summed E-state index contributed by atoms with van der Waals surface area (Å²) in [6, 6.07) is 45.6. The van der Waals surface area contributed by atoms with Crippen LogP contribution >= 0.6 is 0 Å². The van der Waals surface area contributed by atoms with Gasteiger partial charge in [0.25, 0.3) is 0 Å². The number of ether oxygens (including phenoxy) is 2. The van der Waals surface area contributed by atoms with Crippen molar-refractivity contribution >= 4 is 51.8 Å². The van der Waals surface area contributed by atoms with Crippen molar-refractivity contribution in [3.8, 4) is 22.6 Å². The molecule has 0 N–H and O–H groups in total. The van der Waals surface area contributed by atoms with Crippen LogP contribution in [0.5, 0.6) is 11.5 Å². The maximum atomic E-state index is 13.9. The molecular formula is C39H30BNO3. The highest BCUT2D eigenvalue weighted by molar-refractivity contribution is 6.89. The Morgan fingerprint density at radius 3 is 1.77 bits per heavy atom. The fraction of sp³-hybridized carbons (Fsp3) is 0.0513. The summed E-state index contributed by atoms with van der Waals surface area (Å²) in [6.45, 7) is -0.194. The molecule has 0 atom stereocenters. The standard InChI is InChI=1S/C39H30BNO3/c1-43-34-19-13-27(14-20-34)30-25-28-15-23-36(39-37(42)24-16-29(26-30)38(28)39)41(33-17-21-35(44-2)22-18-33)40(31-9-5-3-6-10-31)32-11-7-4-8-12-32/h3-26H,1-2H3. The largest absolute Gasteiger partial charge is 0.497 e. The molecule has 0 saturated carbocycles. The smallest absolute Gasteiger partial charge is 0.328 e. The molecule has 0 fully saturated rings. The predicted octanol–water partition coefficient (Wildman–Crippen LogP) is 7.68. The fourth-order valence-corrected chi connectivity index (χ4v) is 6.20. The van der Waals surface area contributed by atoms with Gasteiger partial charge in [0.15, 0.2) is 5.78 Å². The van der Waals surface area contributed by atoms with Gasteiger partial charge in [-0.25, -0.2) is 0 Å². The van der Waals surface area contributed by atoms with E-state index in [-0.39, 0.29) is 12.6 Å². The summed E-state index contributed by atoms with van der Waals surface area (Å²) in [5.74, 6) is 1.59. The van der Waals surface area contributed by atoms with E-state index < -0.39 is 0 Å². The Balaban J connectivity index is 1.48. The molecule has 0 radical (unpaired) electrons. The third-order valence-corrected chi connectivity index (χ3v) is 8.31. The number of carbonyl (C=O) groups excluding carboxylic acids is 1. The van der Waals surface area contributed by atoms with Crippen LogP contribution in [0.25, 0.3) is 28.0 Å². The number of benzene rings is 6. The second-order valence-corrected chi connectivity index (χ2v) is 10.8. The second kappa shape index (κ2) is 11.6. The SMILES string of the molecule is COc1ccc(-c2cc3c4c(c(N(B(c5ccccc5)c5ccccc5)c5ccc(OC)cc5)ccc4c2)C(=O)C=C3)cc1. The summed E-state index contributed by atoms with van der Waals surface area (Å²) in [6.07, 6.45) is 3.64. The lowest BCUT2D eigenvalue weighted by atomic mass is 9.48. The number of ketones is 1. The van der Waals surface area contributed by atoms with Crippen LogP contribution in [0.4, 0.5) is 11.4 Å². The molecule has 5 heteroatoms. The molecule has 6 aromatic carbocycles. The predicted molar refractivity (Wildman–Crippen MR) is 182 cm³/mol. The summed E-state index contributed by atoms with van der Waals surface area (Å²) >= 11 is 0. The molecule has 0 aliphatic heterocycles. The lowest BCUT2D eigenvalue weighted by Crippen LogP contribution is -2.55. The van der Waals surface area contributed by atoms with Gasteiger partial charge in [0.1, 0.15) is 11.5 Å². The van der Waals surface area contributed by atoms with Gasteiger partial charge in [-0.3, -0.25) is 4.79 Å². The van der Waals surface area contributed by atoms with Gasteiger partial charge in [-0.2, -0.15) is 0 Å². The molecule has 1 aliphatic rings. The zero-order chi connectivity index (χ0) is 30.0. The van der Waals surface area contributed by atoms with Gasteiger partial charge in [0.2, 0.25) is 0 Å². The Labute approximate surface area is 257 Å². The van der Waals surface area contributed by atoms with Gasteiger partial charge in [0, 0.05) is 16.8 Å². The molecule has 4 nitrogen and oxygen atoms in total. The number of allylic oxidation sites excluding steroid dienone is 1. The van der Waals surface area contributed by atoms with Gasteiger partial charge in [0.05, 0.1) is 19.8 Å². The molecular weight excluding hydrogens is 541 g/mol. The monoisotopic (exact) mass is 571 g/mol. The first-order chi connectivity index (χ1) is 21.6. The van der Waals surface area contributed by atoms with Crippen molar-refractivity contribution in [2.24, 2.45) is 0 Å². The highest BCUT2D eigenvalue weighted by Gasteiger charge is 2.33. The quantitative estimate of drug-likeness (QED) is 0.176. The molecule has 0 bridgehead atoms. The van der Waals surface area contributed by atoms with E-state index in [1.807, 2.05) is 42.5 Å². The molecule has 6 aromatic rings. The van der Waals surface area contributed by atoms with Crippen LogP contribution in [-0.2, 0) is 0 Å². The van der Waals surface area contributed by atoms with Gasteiger partial charge >= 0.3 is 6.85 Å². The van der Waals surface area contributed by atoms with Crippen molar-refractivity contribution in [1.82, 2.24) is 0 Å². The Kier molecular flexibility index (Phi) is 7.21. The van der Waals surface area contributed by atoms with Crippen LogP contribution in [0.3, 0.4) is 0 Å². The third-order valence-electron chi connectivity index (χ3n) is 8.31. The number of anilines is 2. The van der Waals surface area contributed by atoms with Gasteiger partial charge < -0.3 is 14.3 Å². The number of carbonyl (C=O) groups is 1. The van der Waals surface area contributed by atoms with Crippen LogP contribution in [0.2, 0.25) is 0 Å². The van der Waals surface area contributed by atoms with Gasteiger partial charge in [-0.1, -0.05) is 95.9 Å². The Morgan fingerprint density at radius 1 is 0.591 bits per heavy atom. The van der Waals surface area contributed by atoms with E-state index in [0.29, 0.717) is 5.56 Å². The maximum absolute atomic E-state index is 13.9. The maximum Gasteiger partial charge on any atom is 0.328 e. The normalized spacial score (nSPS) is 11.8. The minimum Gasteiger partial charge on any atom is -0.497 e. The highest BCUT2D eigenvalue weighted by atomic mass is 16.5. The van der Waals surface area contributed by atoms with Gasteiger partial charge in [-0.15, -0.1) is 0 Å². The number of rotatable bonds is 8. The van der Waals surface area contributed by atoms with E-state index in [0.717, 1.165) is 61.3 Å². The Morgan fingerprint density at radius 2 is 1.18 bits per heavy atom. The number of hydrogen-bond acceptors (Lipinski definition) is 4. The van der Waals surface area contributed by atoms with Crippen molar-refractivity contribution < 1.29 is 14.3 Å². The summed E-state index contributed by atoms with van der Waals surface area (Å²) in [5, 5.41) is 1.99. The number of hydrogen-bond donors (Lipinski definition) is 0. The molecule has 7 rings (SSSR count). The van der Waals surface area contributed by atoms with Crippen molar-refractivity contribution in [3.63, 3.8) is 0 Å². The Hall–Kier alpha value is -5.55. The first kappa shape index (κ1) is 27.3. The average Bonchev–Trinajstić information content (AvgIpc) is 3.09. The molecule has 0 aromatic heterocycles. The van der Waals surface area contributed by atoms with Crippen molar-refractivity contribution in [1.29, 1.82) is 0 Å². The van der Waals surface area contributed by atoms with Crippen LogP contribution < -0.4 is 25.2 Å². The zero-order valence-electron chi connectivity index (χ0n) is 24.6. The summed E-state index contributed by atoms with van der Waals surface area (Å²) in [5.41, 5.74) is 7.96. The van der Waals surface area contributed by atoms with Gasteiger partial charge in [-0.05, 0) is 82.7 Å². The molecule has 0 saturated heterocycles. The lowest BCUT2D eigenvalue weighted by molar-refractivity contribution is 0.104. The van der Waals surface area contributed by atoms with E-state index in [4.69, 9.17) is 9.47 Å². The van der Waals surface area contributed by atoms with E-state index in [2.05, 4.69) is 102 Å². The minimum atomic E-state index is -0.194. The molecule has 44 heavy (non-hydrogen) atoms. The molecule has 0 heterocycles. The lowest BCUT2D eigenvalue weighted by Gasteiger charge is -2.35. The van der Waals surface area contributed by atoms with E-state index in [1.54, 1.807) is 20.3 Å². The summed E-state index contributed by atoms with van der Waals surface area (Å²) in [4.78, 5) is 16.2. The number of methoxy groups -OCH3 is 2. The first-order valence-electron chi connectivity index (χ1n) is 14.7. The average molecular weight is 571 g/mol.